The van der Waals surface area contributed by atoms with Crippen molar-refractivity contribution in [2.24, 2.45) is 0 Å². The van der Waals surface area contributed by atoms with Crippen molar-refractivity contribution in [1.82, 2.24) is 4.90 Å². The van der Waals surface area contributed by atoms with E-state index in [0.29, 0.717) is 6.42 Å². The number of ether oxygens (including phenoxy) is 1. The van der Waals surface area contributed by atoms with Gasteiger partial charge in [-0.3, -0.25) is 9.69 Å². The number of rotatable bonds is 4. The van der Waals surface area contributed by atoms with Gasteiger partial charge in [-0.15, -0.1) is 0 Å². The van der Waals surface area contributed by atoms with Gasteiger partial charge in [0.25, 0.3) is 0 Å². The normalized spacial score (nSPS) is 21.9. The van der Waals surface area contributed by atoms with E-state index in [1.165, 1.54) is 7.11 Å². The smallest absolute Gasteiger partial charge is 0.323 e. The average molecular weight is 196 g/mol. The van der Waals surface area contributed by atoms with Gasteiger partial charge in [0.05, 0.1) is 13.2 Å². The zero-order valence-corrected chi connectivity index (χ0v) is 8.53. The summed E-state index contributed by atoms with van der Waals surface area (Å²) < 4.78 is 4.73. The first kappa shape index (κ1) is 11.0. The highest BCUT2D eigenvalue weighted by atomic mass is 16.5. The van der Waals surface area contributed by atoms with E-state index >= 15 is 0 Å². The number of carbonyl (C=O) groups excluding carboxylic acids is 1. The van der Waals surface area contributed by atoms with Crippen molar-refractivity contribution in [1.29, 1.82) is 5.26 Å². The van der Waals surface area contributed by atoms with Crippen molar-refractivity contribution in [3.8, 4) is 6.07 Å². The monoisotopic (exact) mass is 196 g/mol. The lowest BCUT2D eigenvalue weighted by Gasteiger charge is -2.21. The van der Waals surface area contributed by atoms with Gasteiger partial charge in [0.15, 0.2) is 0 Å². The molecule has 0 aliphatic carbocycles. The lowest BCUT2D eigenvalue weighted by Crippen LogP contribution is -2.37. The summed E-state index contributed by atoms with van der Waals surface area (Å²) in [7, 11) is 1.42. The van der Waals surface area contributed by atoms with E-state index in [1.807, 2.05) is 0 Å². The third-order valence-corrected chi connectivity index (χ3v) is 2.57. The van der Waals surface area contributed by atoms with Crippen LogP contribution >= 0.6 is 0 Å². The summed E-state index contributed by atoms with van der Waals surface area (Å²) in [5.74, 6) is -0.139. The summed E-state index contributed by atoms with van der Waals surface area (Å²) in [5.41, 5.74) is 0. The van der Waals surface area contributed by atoms with E-state index in [4.69, 9.17) is 10.00 Å². The van der Waals surface area contributed by atoms with Crippen LogP contribution in [0.4, 0.5) is 0 Å². The van der Waals surface area contributed by atoms with Gasteiger partial charge in [-0.2, -0.15) is 5.26 Å². The van der Waals surface area contributed by atoms with Crippen molar-refractivity contribution in [3.63, 3.8) is 0 Å². The molecule has 0 spiro atoms. The molecule has 1 saturated heterocycles. The maximum Gasteiger partial charge on any atom is 0.323 e. The topological polar surface area (TPSA) is 53.3 Å². The highest BCUT2D eigenvalue weighted by molar-refractivity contribution is 5.75. The molecular formula is C10H16N2O2. The fourth-order valence-electron chi connectivity index (χ4n) is 1.86. The predicted octanol–water partition coefficient (Wildman–Crippen LogP) is 0.928. The molecular weight excluding hydrogens is 180 g/mol. The quantitative estimate of drug-likeness (QED) is 0.495. The molecule has 0 bridgehead atoms. The Morgan fingerprint density at radius 1 is 1.71 bits per heavy atom. The van der Waals surface area contributed by atoms with Crippen molar-refractivity contribution >= 4 is 5.97 Å². The summed E-state index contributed by atoms with van der Waals surface area (Å²) in [6, 6.07) is 2.04. The molecule has 1 aliphatic heterocycles. The number of nitriles is 1. The Balaban J connectivity index is 2.36. The van der Waals surface area contributed by atoms with E-state index in [1.54, 1.807) is 0 Å². The zero-order valence-electron chi connectivity index (χ0n) is 8.53. The van der Waals surface area contributed by atoms with E-state index in [9.17, 15) is 4.79 Å². The molecule has 78 valence electrons. The van der Waals surface area contributed by atoms with Crippen LogP contribution in [0.3, 0.4) is 0 Å². The molecule has 1 aliphatic rings. The van der Waals surface area contributed by atoms with Crippen molar-refractivity contribution in [2.75, 3.05) is 20.2 Å². The molecule has 0 aromatic carbocycles. The lowest BCUT2D eigenvalue weighted by atomic mass is 10.2. The van der Waals surface area contributed by atoms with Crippen LogP contribution in [0.5, 0.6) is 0 Å². The molecule has 0 radical (unpaired) electrons. The molecule has 1 unspecified atom stereocenters. The number of nitrogens with zero attached hydrogens (tertiary/aromatic N) is 2. The molecule has 1 rings (SSSR count). The second kappa shape index (κ2) is 5.61. The Kier molecular flexibility index (Phi) is 4.41. The molecule has 4 nitrogen and oxygen atoms in total. The van der Waals surface area contributed by atoms with E-state index < -0.39 is 0 Å². The number of hydrogen-bond donors (Lipinski definition) is 0. The van der Waals surface area contributed by atoms with Crippen molar-refractivity contribution in [3.05, 3.63) is 0 Å². The fraction of sp³-hybridized carbons (Fsp3) is 0.800. The Hall–Kier alpha value is -1.08. The summed E-state index contributed by atoms with van der Waals surface area (Å²) in [5, 5.41) is 8.40. The second-order valence-electron chi connectivity index (χ2n) is 3.48. The number of methoxy groups -OCH3 is 1. The van der Waals surface area contributed by atoms with Crippen LogP contribution in [0.25, 0.3) is 0 Å². The number of esters is 1. The molecule has 4 heteroatoms. The third-order valence-electron chi connectivity index (χ3n) is 2.57. The minimum atomic E-state index is -0.139. The van der Waals surface area contributed by atoms with Crippen LogP contribution in [0.15, 0.2) is 0 Å². The highest BCUT2D eigenvalue weighted by Crippen LogP contribution is 2.18. The van der Waals surface area contributed by atoms with Gasteiger partial charge in [-0.25, -0.2) is 0 Å². The van der Waals surface area contributed by atoms with Gasteiger partial charge in [-0.05, 0) is 32.4 Å². The minimum absolute atomic E-state index is 0.0707. The molecule has 0 saturated carbocycles. The van der Waals surface area contributed by atoms with Crippen LogP contribution in [-0.4, -0.2) is 37.1 Å². The Morgan fingerprint density at radius 2 is 2.50 bits per heavy atom. The SMILES string of the molecule is COC(=O)C1CCCN1CCCC#N. The molecule has 0 amide bonds. The molecule has 0 aromatic rings. The van der Waals surface area contributed by atoms with Crippen LogP contribution in [0, 0.1) is 11.3 Å². The molecule has 0 N–H and O–H groups in total. The summed E-state index contributed by atoms with van der Waals surface area (Å²) >= 11 is 0. The number of hydrogen-bond acceptors (Lipinski definition) is 4. The van der Waals surface area contributed by atoms with Crippen LogP contribution in [-0.2, 0) is 9.53 Å². The lowest BCUT2D eigenvalue weighted by molar-refractivity contribution is -0.145. The molecule has 1 fully saturated rings. The Labute approximate surface area is 84.4 Å². The molecule has 1 atom stereocenters. The summed E-state index contributed by atoms with van der Waals surface area (Å²) in [6.45, 7) is 1.78. The Morgan fingerprint density at radius 3 is 3.14 bits per heavy atom. The van der Waals surface area contributed by atoms with Gasteiger partial charge in [0, 0.05) is 6.42 Å². The van der Waals surface area contributed by atoms with Crippen LogP contribution in [0.2, 0.25) is 0 Å². The summed E-state index contributed by atoms with van der Waals surface area (Å²) in [4.78, 5) is 13.4. The van der Waals surface area contributed by atoms with Gasteiger partial charge >= 0.3 is 5.97 Å². The molecule has 14 heavy (non-hydrogen) atoms. The van der Waals surface area contributed by atoms with Crippen LogP contribution in [0.1, 0.15) is 25.7 Å². The van der Waals surface area contributed by atoms with Crippen molar-refractivity contribution < 1.29 is 9.53 Å². The maximum absolute atomic E-state index is 11.3. The predicted molar refractivity (Wildman–Crippen MR) is 51.5 cm³/mol. The number of likely N-dealkylation sites (tertiary alicyclic amines) is 1. The van der Waals surface area contributed by atoms with Crippen LogP contribution < -0.4 is 0 Å². The standard InChI is InChI=1S/C10H16N2O2/c1-14-10(13)9-5-4-8-12(9)7-3-2-6-11/h9H,2-5,7-8H2,1H3. The van der Waals surface area contributed by atoms with E-state index in [0.717, 1.165) is 32.4 Å². The first-order valence-electron chi connectivity index (χ1n) is 4.98. The molecule has 0 aromatic heterocycles. The fourth-order valence-corrected chi connectivity index (χ4v) is 1.86. The molecule has 1 heterocycles. The largest absolute Gasteiger partial charge is 0.468 e. The average Bonchev–Trinajstić information content (AvgIpc) is 2.65. The summed E-state index contributed by atoms with van der Waals surface area (Å²) in [6.07, 6.45) is 3.33. The maximum atomic E-state index is 11.3. The first-order valence-corrected chi connectivity index (χ1v) is 4.98. The zero-order chi connectivity index (χ0) is 10.4. The number of unbranched alkanes of at least 4 members (excludes halogenated alkanes) is 1. The highest BCUT2D eigenvalue weighted by Gasteiger charge is 2.30. The number of carbonyl (C=O) groups is 1. The van der Waals surface area contributed by atoms with Gasteiger partial charge < -0.3 is 4.74 Å². The minimum Gasteiger partial charge on any atom is -0.468 e. The van der Waals surface area contributed by atoms with Gasteiger partial charge in [0.2, 0.25) is 0 Å². The van der Waals surface area contributed by atoms with Gasteiger partial charge in [0.1, 0.15) is 6.04 Å². The van der Waals surface area contributed by atoms with E-state index in [-0.39, 0.29) is 12.0 Å². The third kappa shape index (κ3) is 2.71. The first-order chi connectivity index (χ1) is 6.79. The van der Waals surface area contributed by atoms with E-state index in [2.05, 4.69) is 11.0 Å². The van der Waals surface area contributed by atoms with Gasteiger partial charge in [-0.1, -0.05) is 0 Å². The second-order valence-corrected chi connectivity index (χ2v) is 3.48. The Bertz CT molecular complexity index is 235. The van der Waals surface area contributed by atoms with Crippen molar-refractivity contribution in [2.45, 2.75) is 31.7 Å².